The summed E-state index contributed by atoms with van der Waals surface area (Å²) in [5.74, 6) is -0.331. The van der Waals surface area contributed by atoms with Gasteiger partial charge in [0.2, 0.25) is 0 Å². The summed E-state index contributed by atoms with van der Waals surface area (Å²) in [4.78, 5) is 27.1. The van der Waals surface area contributed by atoms with Crippen molar-refractivity contribution >= 4 is 22.9 Å². The second-order valence-corrected chi connectivity index (χ2v) is 5.02. The highest BCUT2D eigenvalue weighted by Crippen LogP contribution is 2.35. The number of nitrogen functional groups attached to an aromatic ring is 1. The van der Waals surface area contributed by atoms with E-state index in [2.05, 4.69) is 0 Å². The molecule has 2 N–H and O–H groups in total. The summed E-state index contributed by atoms with van der Waals surface area (Å²) in [7, 11) is 3.70. The number of fused-ring (bicyclic) bond motifs is 2. The molecule has 0 atom stereocenters. The number of carbonyl (C=O) groups is 2. The van der Waals surface area contributed by atoms with Gasteiger partial charge in [0.15, 0.2) is 11.6 Å². The van der Waals surface area contributed by atoms with Crippen LogP contribution in [-0.4, -0.2) is 25.7 Å². The molecule has 1 aliphatic rings. The lowest BCUT2D eigenvalue weighted by Gasteiger charge is -2.24. The molecule has 0 aliphatic heterocycles. The van der Waals surface area contributed by atoms with E-state index in [4.69, 9.17) is 5.73 Å². The molecular weight excluding hydrogens is 252 g/mol. The Morgan fingerprint density at radius 3 is 2.05 bits per heavy atom. The Morgan fingerprint density at radius 1 is 0.850 bits per heavy atom. The second-order valence-electron chi connectivity index (χ2n) is 5.02. The third-order valence-corrected chi connectivity index (χ3v) is 3.56. The van der Waals surface area contributed by atoms with Gasteiger partial charge in [-0.2, -0.15) is 0 Å². The molecule has 0 saturated heterocycles. The van der Waals surface area contributed by atoms with Gasteiger partial charge in [0.1, 0.15) is 0 Å². The zero-order chi connectivity index (χ0) is 14.4. The second kappa shape index (κ2) is 4.20. The molecule has 3 rings (SSSR count). The maximum absolute atomic E-state index is 12.7. The highest BCUT2D eigenvalue weighted by molar-refractivity contribution is 6.31. The smallest absolute Gasteiger partial charge is 0.196 e. The molecule has 4 nitrogen and oxygen atoms in total. The van der Waals surface area contributed by atoms with Crippen molar-refractivity contribution in [2.45, 2.75) is 0 Å². The van der Waals surface area contributed by atoms with E-state index in [0.717, 1.165) is 5.69 Å². The minimum Gasteiger partial charge on any atom is -0.398 e. The summed E-state index contributed by atoms with van der Waals surface area (Å²) in [6.07, 6.45) is 0. The van der Waals surface area contributed by atoms with Crippen molar-refractivity contribution in [1.29, 1.82) is 0 Å². The molecule has 0 unspecified atom stereocenters. The molecule has 0 heterocycles. The lowest BCUT2D eigenvalue weighted by atomic mass is 9.82. The Kier molecular flexibility index (Phi) is 2.61. The number of ketones is 2. The van der Waals surface area contributed by atoms with Crippen LogP contribution in [0, 0.1) is 0 Å². The molecule has 4 heteroatoms. The SMILES string of the molecule is CN(C)c1cccc2c1C(=O)c1cccc(N)c1C2=O. The van der Waals surface area contributed by atoms with Gasteiger partial charge in [0, 0.05) is 36.6 Å². The number of benzene rings is 2. The van der Waals surface area contributed by atoms with Crippen LogP contribution in [0.1, 0.15) is 31.8 Å². The molecule has 0 bridgehead atoms. The number of anilines is 2. The summed E-state index contributed by atoms with van der Waals surface area (Å²) >= 11 is 0. The minimum atomic E-state index is -0.184. The molecule has 2 aromatic carbocycles. The van der Waals surface area contributed by atoms with Crippen LogP contribution in [0.4, 0.5) is 11.4 Å². The first-order chi connectivity index (χ1) is 9.52. The zero-order valence-corrected chi connectivity index (χ0v) is 11.3. The molecule has 20 heavy (non-hydrogen) atoms. The van der Waals surface area contributed by atoms with Gasteiger partial charge < -0.3 is 10.6 Å². The third-order valence-electron chi connectivity index (χ3n) is 3.56. The number of nitrogens with two attached hydrogens (primary N) is 1. The van der Waals surface area contributed by atoms with Crippen LogP contribution >= 0.6 is 0 Å². The summed E-state index contributed by atoms with van der Waals surface area (Å²) < 4.78 is 0. The lowest BCUT2D eigenvalue weighted by molar-refractivity contribution is 0.0980. The Balaban J connectivity index is 2.35. The topological polar surface area (TPSA) is 63.4 Å². The quantitative estimate of drug-likeness (QED) is 0.685. The normalized spacial score (nSPS) is 12.9. The van der Waals surface area contributed by atoms with Crippen molar-refractivity contribution in [2.24, 2.45) is 0 Å². The van der Waals surface area contributed by atoms with E-state index >= 15 is 0 Å². The maximum Gasteiger partial charge on any atom is 0.196 e. The number of nitrogens with zero attached hydrogens (tertiary/aromatic N) is 1. The first-order valence-electron chi connectivity index (χ1n) is 6.30. The molecule has 0 saturated carbocycles. The summed E-state index contributed by atoms with van der Waals surface area (Å²) in [6, 6.07) is 10.3. The Hall–Kier alpha value is -2.62. The monoisotopic (exact) mass is 266 g/mol. The molecule has 0 radical (unpaired) electrons. The van der Waals surface area contributed by atoms with E-state index in [1.807, 2.05) is 25.1 Å². The van der Waals surface area contributed by atoms with Crippen LogP contribution in [0.5, 0.6) is 0 Å². The van der Waals surface area contributed by atoms with Crippen molar-refractivity contribution in [2.75, 3.05) is 24.7 Å². The molecule has 1 aliphatic carbocycles. The average Bonchev–Trinajstić information content (AvgIpc) is 2.43. The van der Waals surface area contributed by atoms with Crippen molar-refractivity contribution in [1.82, 2.24) is 0 Å². The lowest BCUT2D eigenvalue weighted by Crippen LogP contribution is -2.25. The van der Waals surface area contributed by atoms with Crippen LogP contribution in [0.2, 0.25) is 0 Å². The van der Waals surface area contributed by atoms with Gasteiger partial charge in [0.25, 0.3) is 0 Å². The number of rotatable bonds is 1. The Bertz CT molecular complexity index is 748. The maximum atomic E-state index is 12.7. The molecule has 0 spiro atoms. The molecule has 0 amide bonds. The van der Waals surface area contributed by atoms with E-state index < -0.39 is 0 Å². The van der Waals surface area contributed by atoms with Gasteiger partial charge in [-0.05, 0) is 12.1 Å². The van der Waals surface area contributed by atoms with Crippen LogP contribution in [0.25, 0.3) is 0 Å². The highest BCUT2D eigenvalue weighted by Gasteiger charge is 2.33. The highest BCUT2D eigenvalue weighted by atomic mass is 16.1. The third kappa shape index (κ3) is 1.54. The van der Waals surface area contributed by atoms with Crippen molar-refractivity contribution in [3.05, 3.63) is 58.7 Å². The summed E-state index contributed by atoms with van der Waals surface area (Å²) in [5, 5.41) is 0. The predicted molar refractivity (Wildman–Crippen MR) is 78.5 cm³/mol. The molecule has 0 aromatic heterocycles. The Labute approximate surface area is 116 Å². The van der Waals surface area contributed by atoms with Crippen LogP contribution < -0.4 is 10.6 Å². The Morgan fingerprint density at radius 2 is 1.40 bits per heavy atom. The van der Waals surface area contributed by atoms with E-state index in [0.29, 0.717) is 27.9 Å². The van der Waals surface area contributed by atoms with Gasteiger partial charge in [0.05, 0.1) is 11.1 Å². The molecular formula is C16H14N2O2. The fourth-order valence-corrected chi connectivity index (χ4v) is 2.62. The van der Waals surface area contributed by atoms with E-state index in [-0.39, 0.29) is 11.6 Å². The van der Waals surface area contributed by atoms with Crippen molar-refractivity contribution in [3.63, 3.8) is 0 Å². The first-order valence-corrected chi connectivity index (χ1v) is 6.30. The first kappa shape index (κ1) is 12.4. The van der Waals surface area contributed by atoms with Gasteiger partial charge >= 0.3 is 0 Å². The van der Waals surface area contributed by atoms with Gasteiger partial charge in [-0.25, -0.2) is 0 Å². The van der Waals surface area contributed by atoms with Gasteiger partial charge in [-0.3, -0.25) is 9.59 Å². The molecule has 2 aromatic rings. The van der Waals surface area contributed by atoms with Crippen molar-refractivity contribution < 1.29 is 9.59 Å². The van der Waals surface area contributed by atoms with Gasteiger partial charge in [-0.15, -0.1) is 0 Å². The predicted octanol–water partition coefficient (Wildman–Crippen LogP) is 2.11. The standard InChI is InChI=1S/C16H14N2O2/c1-18(2)12-8-4-6-10-14(12)16(20)9-5-3-7-11(17)13(9)15(10)19/h3-8H,17H2,1-2H3. The van der Waals surface area contributed by atoms with E-state index in [1.54, 1.807) is 30.3 Å². The van der Waals surface area contributed by atoms with Crippen LogP contribution in [0.15, 0.2) is 36.4 Å². The van der Waals surface area contributed by atoms with E-state index in [9.17, 15) is 9.59 Å². The van der Waals surface area contributed by atoms with Crippen LogP contribution in [0.3, 0.4) is 0 Å². The van der Waals surface area contributed by atoms with Gasteiger partial charge in [-0.1, -0.05) is 24.3 Å². The molecule has 0 fully saturated rings. The summed E-state index contributed by atoms with van der Waals surface area (Å²) in [6.45, 7) is 0. The fraction of sp³-hybridized carbons (Fsp3) is 0.125. The molecule has 100 valence electrons. The van der Waals surface area contributed by atoms with Crippen LogP contribution in [-0.2, 0) is 0 Å². The number of carbonyl (C=O) groups excluding carboxylic acids is 2. The average molecular weight is 266 g/mol. The number of hydrogen-bond acceptors (Lipinski definition) is 4. The summed E-state index contributed by atoms with van der Waals surface area (Å²) in [5.41, 5.74) is 8.55. The number of hydrogen-bond donors (Lipinski definition) is 1. The van der Waals surface area contributed by atoms with Crippen molar-refractivity contribution in [3.8, 4) is 0 Å². The largest absolute Gasteiger partial charge is 0.398 e. The minimum absolute atomic E-state index is 0.147. The fourth-order valence-electron chi connectivity index (χ4n) is 2.62. The zero-order valence-electron chi connectivity index (χ0n) is 11.3. The van der Waals surface area contributed by atoms with E-state index in [1.165, 1.54) is 0 Å².